The summed E-state index contributed by atoms with van der Waals surface area (Å²) in [5.41, 5.74) is -0.412. The molecule has 0 spiro atoms. The molecule has 1 aliphatic heterocycles. The van der Waals surface area contributed by atoms with E-state index in [-0.39, 0.29) is 24.2 Å². The lowest BCUT2D eigenvalue weighted by Crippen LogP contribution is -2.42. The number of benzene rings is 1. The Morgan fingerprint density at radius 2 is 1.62 bits per heavy atom. The summed E-state index contributed by atoms with van der Waals surface area (Å²) in [4.78, 5) is 28.2. The molecule has 1 aliphatic rings. The van der Waals surface area contributed by atoms with Gasteiger partial charge in [0.05, 0.1) is 0 Å². The molecule has 132 valence electrons. The highest BCUT2D eigenvalue weighted by atomic mass is 19.1. The molecule has 0 bridgehead atoms. The zero-order valence-electron chi connectivity index (χ0n) is 14.5. The zero-order chi connectivity index (χ0) is 17.7. The second kappa shape index (κ2) is 7.64. The molecular formula is C18H25FN2O3. The van der Waals surface area contributed by atoms with Gasteiger partial charge in [0.25, 0.3) is 5.91 Å². The van der Waals surface area contributed by atoms with Crippen LogP contribution in [-0.4, -0.2) is 54.4 Å². The number of halogens is 1. The molecule has 6 heteroatoms. The van der Waals surface area contributed by atoms with Crippen LogP contribution in [0, 0.1) is 11.2 Å². The Labute approximate surface area is 142 Å². The summed E-state index contributed by atoms with van der Waals surface area (Å²) in [6, 6.07) is 5.58. The van der Waals surface area contributed by atoms with E-state index in [9.17, 15) is 14.0 Å². The van der Waals surface area contributed by atoms with Gasteiger partial charge in [-0.1, -0.05) is 20.8 Å². The maximum absolute atomic E-state index is 12.8. The summed E-state index contributed by atoms with van der Waals surface area (Å²) in [5, 5.41) is 0. The maximum Gasteiger partial charge on any atom is 0.260 e. The quantitative estimate of drug-likeness (QED) is 0.851. The van der Waals surface area contributed by atoms with Crippen molar-refractivity contribution in [1.82, 2.24) is 9.80 Å². The van der Waals surface area contributed by atoms with Crippen LogP contribution in [0.5, 0.6) is 5.75 Å². The van der Waals surface area contributed by atoms with Gasteiger partial charge in [-0.25, -0.2) is 4.39 Å². The average molecular weight is 336 g/mol. The van der Waals surface area contributed by atoms with Crippen molar-refractivity contribution in [2.75, 3.05) is 32.8 Å². The Morgan fingerprint density at radius 1 is 1.04 bits per heavy atom. The van der Waals surface area contributed by atoms with E-state index in [0.29, 0.717) is 31.9 Å². The largest absolute Gasteiger partial charge is 0.484 e. The van der Waals surface area contributed by atoms with Crippen LogP contribution in [0.1, 0.15) is 27.2 Å². The zero-order valence-corrected chi connectivity index (χ0v) is 14.5. The Bertz CT molecular complexity index is 581. The summed E-state index contributed by atoms with van der Waals surface area (Å²) in [6.45, 7) is 7.95. The second-order valence-electron chi connectivity index (χ2n) is 7.02. The molecule has 0 saturated carbocycles. The van der Waals surface area contributed by atoms with Crippen LogP contribution in [0.25, 0.3) is 0 Å². The number of amides is 2. The molecule has 5 nitrogen and oxygen atoms in total. The number of ether oxygens (including phenoxy) is 1. The molecule has 2 amide bonds. The molecule has 0 unspecified atom stereocenters. The fourth-order valence-electron chi connectivity index (χ4n) is 2.61. The highest BCUT2D eigenvalue weighted by molar-refractivity contribution is 5.82. The predicted octanol–water partition coefficient (Wildman–Crippen LogP) is 2.31. The van der Waals surface area contributed by atoms with Crippen molar-refractivity contribution in [2.45, 2.75) is 27.2 Å². The maximum atomic E-state index is 12.8. The Morgan fingerprint density at radius 3 is 2.25 bits per heavy atom. The van der Waals surface area contributed by atoms with E-state index < -0.39 is 5.41 Å². The van der Waals surface area contributed by atoms with Crippen molar-refractivity contribution >= 4 is 11.8 Å². The lowest BCUT2D eigenvalue weighted by atomic mass is 9.94. The van der Waals surface area contributed by atoms with Crippen molar-refractivity contribution in [1.29, 1.82) is 0 Å². The number of hydrogen-bond acceptors (Lipinski definition) is 3. The minimum absolute atomic E-state index is 0.0845. The summed E-state index contributed by atoms with van der Waals surface area (Å²) >= 11 is 0. The van der Waals surface area contributed by atoms with Gasteiger partial charge in [-0.05, 0) is 30.7 Å². The fraction of sp³-hybridized carbons (Fsp3) is 0.556. The molecule has 0 aliphatic carbocycles. The third-order valence-corrected chi connectivity index (χ3v) is 3.95. The monoisotopic (exact) mass is 336 g/mol. The Hall–Kier alpha value is -2.11. The third kappa shape index (κ3) is 4.94. The first-order valence-corrected chi connectivity index (χ1v) is 8.23. The van der Waals surface area contributed by atoms with Gasteiger partial charge in [-0.15, -0.1) is 0 Å². The van der Waals surface area contributed by atoms with Crippen molar-refractivity contribution < 1.29 is 18.7 Å². The highest BCUT2D eigenvalue weighted by Crippen LogP contribution is 2.19. The van der Waals surface area contributed by atoms with Gasteiger partial charge in [0.1, 0.15) is 11.6 Å². The van der Waals surface area contributed by atoms with E-state index in [2.05, 4.69) is 0 Å². The van der Waals surface area contributed by atoms with Crippen molar-refractivity contribution in [3.05, 3.63) is 30.1 Å². The summed E-state index contributed by atoms with van der Waals surface area (Å²) < 4.78 is 18.3. The van der Waals surface area contributed by atoms with Crippen LogP contribution in [-0.2, 0) is 9.59 Å². The van der Waals surface area contributed by atoms with Gasteiger partial charge in [-0.2, -0.15) is 0 Å². The number of nitrogens with zero attached hydrogens (tertiary/aromatic N) is 2. The van der Waals surface area contributed by atoms with Crippen molar-refractivity contribution in [3.63, 3.8) is 0 Å². The van der Waals surface area contributed by atoms with Gasteiger partial charge in [0, 0.05) is 31.6 Å². The van der Waals surface area contributed by atoms with Crippen LogP contribution >= 0.6 is 0 Å². The van der Waals surface area contributed by atoms with Crippen LogP contribution in [0.2, 0.25) is 0 Å². The van der Waals surface area contributed by atoms with Gasteiger partial charge < -0.3 is 14.5 Å². The molecule has 2 rings (SSSR count). The van der Waals surface area contributed by atoms with Gasteiger partial charge in [-0.3, -0.25) is 9.59 Å². The molecule has 1 saturated heterocycles. The molecule has 1 aromatic rings. The van der Waals surface area contributed by atoms with E-state index in [1.54, 1.807) is 4.90 Å². The fourth-order valence-corrected chi connectivity index (χ4v) is 2.61. The first-order valence-electron chi connectivity index (χ1n) is 8.23. The van der Waals surface area contributed by atoms with E-state index >= 15 is 0 Å². The summed E-state index contributed by atoms with van der Waals surface area (Å²) in [5.74, 6) is 0.109. The van der Waals surface area contributed by atoms with E-state index in [1.807, 2.05) is 25.7 Å². The SMILES string of the molecule is CC(C)(C)C(=O)N1CCCN(C(=O)COc2ccc(F)cc2)CC1. The summed E-state index contributed by atoms with van der Waals surface area (Å²) in [6.07, 6.45) is 0.754. The molecule has 1 fully saturated rings. The number of carbonyl (C=O) groups is 2. The van der Waals surface area contributed by atoms with Crippen LogP contribution in [0.15, 0.2) is 24.3 Å². The Kier molecular flexibility index (Phi) is 5.80. The minimum Gasteiger partial charge on any atom is -0.484 e. The van der Waals surface area contributed by atoms with E-state index in [0.717, 1.165) is 6.42 Å². The first kappa shape index (κ1) is 18.2. The van der Waals surface area contributed by atoms with E-state index in [1.165, 1.54) is 24.3 Å². The van der Waals surface area contributed by atoms with Gasteiger partial charge in [0.15, 0.2) is 6.61 Å². The predicted molar refractivity (Wildman–Crippen MR) is 89.1 cm³/mol. The van der Waals surface area contributed by atoms with Crippen LogP contribution in [0.3, 0.4) is 0 Å². The number of hydrogen-bond donors (Lipinski definition) is 0. The van der Waals surface area contributed by atoms with Gasteiger partial charge >= 0.3 is 0 Å². The second-order valence-corrected chi connectivity index (χ2v) is 7.02. The molecule has 0 atom stereocenters. The molecular weight excluding hydrogens is 311 g/mol. The number of carbonyl (C=O) groups excluding carboxylic acids is 2. The lowest BCUT2D eigenvalue weighted by Gasteiger charge is -2.28. The topological polar surface area (TPSA) is 49.9 Å². The van der Waals surface area contributed by atoms with E-state index in [4.69, 9.17) is 4.74 Å². The normalized spacial score (nSPS) is 15.8. The molecule has 24 heavy (non-hydrogen) atoms. The Balaban J connectivity index is 1.85. The highest BCUT2D eigenvalue weighted by Gasteiger charge is 2.29. The molecule has 1 aromatic carbocycles. The third-order valence-electron chi connectivity index (χ3n) is 3.95. The average Bonchev–Trinajstić information content (AvgIpc) is 2.78. The van der Waals surface area contributed by atoms with Crippen molar-refractivity contribution in [3.8, 4) is 5.75 Å². The number of rotatable bonds is 3. The van der Waals surface area contributed by atoms with Crippen LogP contribution < -0.4 is 4.74 Å². The van der Waals surface area contributed by atoms with Crippen LogP contribution in [0.4, 0.5) is 4.39 Å². The first-order chi connectivity index (χ1) is 11.3. The molecule has 0 N–H and O–H groups in total. The molecule has 0 radical (unpaired) electrons. The molecule has 1 heterocycles. The standard InChI is InChI=1S/C18H25FN2O3/c1-18(2,3)17(23)21-10-4-9-20(11-12-21)16(22)13-24-15-7-5-14(19)6-8-15/h5-8H,4,9-13H2,1-3H3. The van der Waals surface area contributed by atoms with Gasteiger partial charge in [0.2, 0.25) is 5.91 Å². The molecule has 0 aromatic heterocycles. The summed E-state index contributed by atoms with van der Waals surface area (Å²) in [7, 11) is 0. The lowest BCUT2D eigenvalue weighted by molar-refractivity contribution is -0.140. The minimum atomic E-state index is -0.412. The van der Waals surface area contributed by atoms with Crippen molar-refractivity contribution in [2.24, 2.45) is 5.41 Å². The smallest absolute Gasteiger partial charge is 0.260 e.